The summed E-state index contributed by atoms with van der Waals surface area (Å²) in [4.78, 5) is 29.3. The number of alkyl halides is 1. The third kappa shape index (κ3) is 9.12. The van der Waals surface area contributed by atoms with Gasteiger partial charge in [-0.25, -0.2) is 0 Å². The first-order valence-corrected chi connectivity index (χ1v) is 16.3. The molecule has 0 saturated carbocycles. The average molecular weight is 759 g/mol. The fraction of sp³-hybridized carbons (Fsp3) is 0.278. The van der Waals surface area contributed by atoms with Gasteiger partial charge in [-0.1, -0.05) is 136 Å². The van der Waals surface area contributed by atoms with Gasteiger partial charge in [0.15, 0.2) is 5.78 Å². The van der Waals surface area contributed by atoms with E-state index >= 15 is 0 Å². The van der Waals surface area contributed by atoms with Crippen LogP contribution in [0.25, 0.3) is 0 Å². The third-order valence-corrected chi connectivity index (χ3v) is 9.50. The van der Waals surface area contributed by atoms with Crippen molar-refractivity contribution in [2.75, 3.05) is 26.2 Å². The molecule has 6 rings (SSSR count). The zero-order valence-corrected chi connectivity index (χ0v) is 29.1. The van der Waals surface area contributed by atoms with Gasteiger partial charge in [-0.2, -0.15) is 0 Å². The van der Waals surface area contributed by atoms with Crippen LogP contribution in [0.2, 0.25) is 10.0 Å². The number of carbonyl (C=O) groups is 2. The van der Waals surface area contributed by atoms with Crippen molar-refractivity contribution in [3.8, 4) is 0 Å². The number of nitrogens with zero attached hydrogens (tertiary/aromatic N) is 2. The molecule has 0 amide bonds. The molecule has 44 heavy (non-hydrogen) atoms. The highest BCUT2D eigenvalue weighted by Gasteiger charge is 2.35. The van der Waals surface area contributed by atoms with Crippen molar-refractivity contribution in [3.63, 3.8) is 0 Å². The molecule has 0 N–H and O–H groups in total. The third-order valence-electron chi connectivity index (χ3n) is 8.07. The number of halogens is 4. The van der Waals surface area contributed by atoms with Gasteiger partial charge >= 0.3 is 0 Å². The molecule has 3 unspecified atom stereocenters. The molecular formula is C36H36Br2Cl2N2O2. The number of benzene rings is 4. The Morgan fingerprint density at radius 3 is 1.61 bits per heavy atom. The minimum Gasteiger partial charge on any atom is -0.299 e. The summed E-state index contributed by atoms with van der Waals surface area (Å²) in [5, 5.41) is 1.36. The van der Waals surface area contributed by atoms with Gasteiger partial charge in [0.2, 0.25) is 0 Å². The highest BCUT2D eigenvalue weighted by molar-refractivity contribution is 9.10. The van der Waals surface area contributed by atoms with Crippen molar-refractivity contribution < 1.29 is 9.59 Å². The summed E-state index contributed by atoms with van der Waals surface area (Å²) in [7, 11) is 0. The largest absolute Gasteiger partial charge is 0.299 e. The van der Waals surface area contributed by atoms with E-state index in [9.17, 15) is 9.59 Å². The molecule has 2 fully saturated rings. The SMILES string of the molecule is Br.O=C1C(Br)CN(Cc2ccccc2)CC1c1ccccc1Cl.O=C1CCN(Cc2ccccc2)CC1c1ccccc1Cl. The van der Waals surface area contributed by atoms with Crippen LogP contribution in [0, 0.1) is 0 Å². The molecule has 0 spiro atoms. The van der Waals surface area contributed by atoms with Gasteiger partial charge in [0, 0.05) is 55.7 Å². The predicted octanol–water partition coefficient (Wildman–Crippen LogP) is 8.75. The molecule has 2 aliphatic heterocycles. The van der Waals surface area contributed by atoms with E-state index < -0.39 is 0 Å². The molecule has 0 radical (unpaired) electrons. The highest BCUT2D eigenvalue weighted by Crippen LogP contribution is 2.33. The van der Waals surface area contributed by atoms with Crippen molar-refractivity contribution >= 4 is 67.7 Å². The van der Waals surface area contributed by atoms with Crippen LogP contribution in [0.15, 0.2) is 109 Å². The topological polar surface area (TPSA) is 40.6 Å². The van der Waals surface area contributed by atoms with E-state index in [0.717, 1.165) is 43.9 Å². The van der Waals surface area contributed by atoms with Crippen LogP contribution in [-0.4, -0.2) is 52.4 Å². The lowest BCUT2D eigenvalue weighted by Gasteiger charge is -2.35. The molecular weight excluding hydrogens is 723 g/mol. The molecule has 4 nitrogen and oxygen atoms in total. The van der Waals surface area contributed by atoms with Crippen molar-refractivity contribution in [2.45, 2.75) is 36.2 Å². The highest BCUT2D eigenvalue weighted by atomic mass is 79.9. The average Bonchev–Trinajstić information content (AvgIpc) is 3.02. The summed E-state index contributed by atoms with van der Waals surface area (Å²) in [6, 6.07) is 36.0. The molecule has 3 atom stereocenters. The first-order chi connectivity index (χ1) is 20.9. The lowest BCUT2D eigenvalue weighted by molar-refractivity contribution is -0.123. The Hall–Kier alpha value is -2.32. The standard InChI is InChI=1S/C18H17BrClNO.C18H18ClNO.BrH/c19-16-12-21(10-13-6-2-1-3-7-13)11-15(18(16)22)14-8-4-5-9-17(14)20;19-17-9-5-4-8-15(17)16-13-20(11-10-18(16)21)12-14-6-2-1-3-7-14;/h1-9,15-16H,10-12H2;1-9,16H,10-13H2;1H. The van der Waals surface area contributed by atoms with Crippen LogP contribution >= 0.6 is 56.1 Å². The quantitative estimate of drug-likeness (QED) is 0.185. The Morgan fingerprint density at radius 2 is 1.07 bits per heavy atom. The molecule has 8 heteroatoms. The maximum Gasteiger partial charge on any atom is 0.156 e. The number of carbonyl (C=O) groups excluding carboxylic acids is 2. The zero-order valence-electron chi connectivity index (χ0n) is 24.3. The fourth-order valence-corrected chi connectivity index (χ4v) is 7.11. The number of likely N-dealkylation sites (tertiary alicyclic amines) is 2. The van der Waals surface area contributed by atoms with Gasteiger partial charge < -0.3 is 0 Å². The van der Waals surface area contributed by atoms with Crippen LogP contribution in [0.1, 0.15) is 40.5 Å². The van der Waals surface area contributed by atoms with Crippen molar-refractivity contribution in [3.05, 3.63) is 141 Å². The summed E-state index contributed by atoms with van der Waals surface area (Å²) >= 11 is 16.1. The van der Waals surface area contributed by atoms with Gasteiger partial charge in [-0.3, -0.25) is 19.4 Å². The first-order valence-electron chi connectivity index (χ1n) is 14.6. The Bertz CT molecular complexity index is 1520. The molecule has 230 valence electrons. The number of hydrogen-bond acceptors (Lipinski definition) is 4. The van der Waals surface area contributed by atoms with E-state index in [1.807, 2.05) is 72.8 Å². The fourth-order valence-electron chi connectivity index (χ4n) is 5.85. The minimum absolute atomic E-state index is 0. The van der Waals surface area contributed by atoms with E-state index in [2.05, 4.69) is 62.1 Å². The Kier molecular flexibility index (Phi) is 13.2. The van der Waals surface area contributed by atoms with Gasteiger partial charge in [0.1, 0.15) is 5.78 Å². The second-order valence-corrected chi connectivity index (χ2v) is 13.1. The summed E-state index contributed by atoms with van der Waals surface area (Å²) in [5.41, 5.74) is 4.43. The number of hydrogen-bond donors (Lipinski definition) is 0. The lowest BCUT2D eigenvalue weighted by Crippen LogP contribution is -2.45. The molecule has 0 aromatic heterocycles. The molecule has 0 aliphatic carbocycles. The van der Waals surface area contributed by atoms with E-state index in [-0.39, 0.29) is 39.4 Å². The second kappa shape index (κ2) is 16.8. The maximum atomic E-state index is 12.5. The summed E-state index contributed by atoms with van der Waals surface area (Å²) in [6.07, 6.45) is 0.600. The minimum atomic E-state index is -0.171. The molecule has 2 aliphatic rings. The van der Waals surface area contributed by atoms with E-state index in [4.69, 9.17) is 23.2 Å². The van der Waals surface area contributed by atoms with Gasteiger partial charge in [-0.05, 0) is 34.4 Å². The Balaban J connectivity index is 0.000000197. The summed E-state index contributed by atoms with van der Waals surface area (Å²) in [5.74, 6) is 0.247. The lowest BCUT2D eigenvalue weighted by atomic mass is 9.89. The van der Waals surface area contributed by atoms with Crippen molar-refractivity contribution in [1.29, 1.82) is 0 Å². The zero-order chi connectivity index (χ0) is 30.2. The molecule has 2 saturated heterocycles. The number of rotatable bonds is 6. The van der Waals surface area contributed by atoms with E-state index in [1.165, 1.54) is 11.1 Å². The van der Waals surface area contributed by atoms with Gasteiger partial charge in [0.25, 0.3) is 0 Å². The van der Waals surface area contributed by atoms with Crippen molar-refractivity contribution in [2.24, 2.45) is 0 Å². The van der Waals surface area contributed by atoms with Crippen LogP contribution in [0.4, 0.5) is 0 Å². The van der Waals surface area contributed by atoms with Crippen LogP contribution in [0.5, 0.6) is 0 Å². The Labute approximate surface area is 289 Å². The van der Waals surface area contributed by atoms with E-state index in [1.54, 1.807) is 0 Å². The molecule has 4 aromatic rings. The summed E-state index contributed by atoms with van der Waals surface area (Å²) < 4.78 is 0. The predicted molar refractivity (Wildman–Crippen MR) is 189 cm³/mol. The molecule has 0 bridgehead atoms. The van der Waals surface area contributed by atoms with Gasteiger partial charge in [-0.15, -0.1) is 17.0 Å². The van der Waals surface area contributed by atoms with Crippen LogP contribution < -0.4 is 0 Å². The van der Waals surface area contributed by atoms with Crippen LogP contribution in [-0.2, 0) is 22.7 Å². The molecule has 4 aromatic carbocycles. The number of Topliss-reactive ketones (excluding diaryl/α,β-unsaturated/α-hetero) is 2. The maximum absolute atomic E-state index is 12.5. The summed E-state index contributed by atoms with van der Waals surface area (Å²) in [6.45, 7) is 4.74. The number of ketones is 2. The van der Waals surface area contributed by atoms with Crippen molar-refractivity contribution in [1.82, 2.24) is 9.80 Å². The second-order valence-electron chi connectivity index (χ2n) is 11.1. The van der Waals surface area contributed by atoms with E-state index in [0.29, 0.717) is 28.8 Å². The Morgan fingerprint density at radius 1 is 0.614 bits per heavy atom. The smallest absolute Gasteiger partial charge is 0.156 e. The van der Waals surface area contributed by atoms with Gasteiger partial charge in [0.05, 0.1) is 16.7 Å². The van der Waals surface area contributed by atoms with Crippen LogP contribution in [0.3, 0.4) is 0 Å². The monoisotopic (exact) mass is 756 g/mol. The number of piperidine rings is 2. The normalized spacial score (nSPS) is 20.8. The first kappa shape index (κ1) is 34.6. The molecule has 2 heterocycles.